The summed E-state index contributed by atoms with van der Waals surface area (Å²) >= 11 is 0. The van der Waals surface area contributed by atoms with Crippen LogP contribution in [0.1, 0.15) is 24.5 Å². The van der Waals surface area contributed by atoms with E-state index >= 15 is 0 Å². The van der Waals surface area contributed by atoms with E-state index in [-0.39, 0.29) is 0 Å². The second-order valence-corrected chi connectivity index (χ2v) is 5.90. The van der Waals surface area contributed by atoms with Gasteiger partial charge in [0.2, 0.25) is 0 Å². The molecule has 0 fully saturated rings. The number of benzene rings is 2. The summed E-state index contributed by atoms with van der Waals surface area (Å²) in [4.78, 5) is 8.21. The largest absolute Gasteiger partial charge is 0.424 e. The maximum atomic E-state index is 5.75. The van der Waals surface area contributed by atoms with E-state index in [9.17, 15) is 0 Å². The molecule has 5 heteroatoms. The Labute approximate surface area is 151 Å². The fourth-order valence-corrected chi connectivity index (χ4v) is 2.84. The fraction of sp³-hybridized carbons (Fsp3) is 0.0952. The second-order valence-electron chi connectivity index (χ2n) is 5.90. The number of nitrogens with one attached hydrogen (secondary N) is 1. The molecule has 1 N–H and O–H groups in total. The molecule has 5 nitrogen and oxygen atoms in total. The predicted molar refractivity (Wildman–Crippen MR) is 103 cm³/mol. The Morgan fingerprint density at radius 3 is 2.81 bits per heavy atom. The topological polar surface area (TPSA) is 63.7 Å². The van der Waals surface area contributed by atoms with E-state index in [1.165, 1.54) is 5.57 Å². The molecule has 0 aliphatic heterocycles. The number of rotatable bonds is 5. The minimum atomic E-state index is 0.345. The maximum Gasteiger partial charge on any atom is 0.321 e. The lowest BCUT2D eigenvalue weighted by molar-refractivity contribution is 0.441. The molecular formula is C21H18N4O. The average molecular weight is 342 g/mol. The zero-order valence-corrected chi connectivity index (χ0v) is 14.4. The first kappa shape index (κ1) is 16.0. The van der Waals surface area contributed by atoms with Gasteiger partial charge in [-0.05, 0) is 53.5 Å². The number of nitrogens with zero attached hydrogens (tertiary/aromatic N) is 3. The zero-order chi connectivity index (χ0) is 17.8. The van der Waals surface area contributed by atoms with Crippen LogP contribution < -0.4 is 4.74 Å². The van der Waals surface area contributed by atoms with Crippen molar-refractivity contribution in [1.29, 1.82) is 0 Å². The van der Waals surface area contributed by atoms with E-state index in [0.29, 0.717) is 6.01 Å². The molecule has 4 rings (SSSR count). The number of ether oxygens (including phenoxy) is 1. The van der Waals surface area contributed by atoms with E-state index in [0.717, 1.165) is 34.2 Å². The first-order valence-electron chi connectivity index (χ1n) is 8.51. The molecule has 0 radical (unpaired) electrons. The van der Waals surface area contributed by atoms with Crippen molar-refractivity contribution in [2.45, 2.75) is 13.3 Å². The molecule has 0 spiro atoms. The predicted octanol–water partition coefficient (Wildman–Crippen LogP) is 5.10. The molecule has 128 valence electrons. The Hall–Kier alpha value is -3.47. The number of H-pyrrole nitrogens is 1. The maximum absolute atomic E-state index is 5.75. The van der Waals surface area contributed by atoms with Gasteiger partial charge in [0.05, 0.1) is 11.7 Å². The van der Waals surface area contributed by atoms with Crippen LogP contribution in [0.4, 0.5) is 0 Å². The van der Waals surface area contributed by atoms with Gasteiger partial charge in [-0.15, -0.1) is 0 Å². The number of aromatic nitrogens is 4. The van der Waals surface area contributed by atoms with Crippen LogP contribution in [-0.2, 0) is 0 Å². The van der Waals surface area contributed by atoms with Gasteiger partial charge in [-0.3, -0.25) is 5.10 Å². The van der Waals surface area contributed by atoms with Crippen LogP contribution in [0.25, 0.3) is 22.6 Å². The molecule has 0 atom stereocenters. The summed E-state index contributed by atoms with van der Waals surface area (Å²) in [6.07, 6.45) is 8.27. The van der Waals surface area contributed by atoms with Crippen molar-refractivity contribution < 1.29 is 4.74 Å². The Morgan fingerprint density at radius 2 is 1.96 bits per heavy atom. The minimum Gasteiger partial charge on any atom is -0.424 e. The Balaban J connectivity index is 1.64. The smallest absolute Gasteiger partial charge is 0.321 e. The molecule has 0 saturated carbocycles. The lowest BCUT2D eigenvalue weighted by Gasteiger charge is -2.09. The van der Waals surface area contributed by atoms with Gasteiger partial charge >= 0.3 is 6.01 Å². The highest BCUT2D eigenvalue weighted by atomic mass is 16.5. The molecule has 26 heavy (non-hydrogen) atoms. The van der Waals surface area contributed by atoms with Crippen LogP contribution in [-0.4, -0.2) is 20.2 Å². The summed E-state index contributed by atoms with van der Waals surface area (Å²) in [5, 5.41) is 8.16. The van der Waals surface area contributed by atoms with Crippen LogP contribution in [0.5, 0.6) is 11.8 Å². The van der Waals surface area contributed by atoms with Gasteiger partial charge in [-0.1, -0.05) is 31.2 Å². The number of hydrogen-bond acceptors (Lipinski definition) is 4. The van der Waals surface area contributed by atoms with Gasteiger partial charge < -0.3 is 4.74 Å². The molecule has 0 unspecified atom stereocenters. The SMILES string of the molecule is CC/C(=C\c1ccc2[nH]ncc2c1)c1cccc(Oc2ncccn2)c1. The van der Waals surface area contributed by atoms with Crippen molar-refractivity contribution in [3.05, 3.63) is 78.2 Å². The summed E-state index contributed by atoms with van der Waals surface area (Å²) in [6, 6.07) is 16.4. The first-order valence-corrected chi connectivity index (χ1v) is 8.51. The second kappa shape index (κ2) is 7.19. The normalized spacial score (nSPS) is 11.7. The summed E-state index contributed by atoms with van der Waals surface area (Å²) in [6.45, 7) is 2.15. The average Bonchev–Trinajstić information content (AvgIpc) is 3.15. The molecule has 0 saturated heterocycles. The Bertz CT molecular complexity index is 1050. The van der Waals surface area contributed by atoms with E-state index in [2.05, 4.69) is 51.4 Å². The Morgan fingerprint density at radius 1 is 1.08 bits per heavy atom. The van der Waals surface area contributed by atoms with Gasteiger partial charge in [-0.2, -0.15) is 5.10 Å². The van der Waals surface area contributed by atoms with Crippen LogP contribution in [0.2, 0.25) is 0 Å². The van der Waals surface area contributed by atoms with Crippen LogP contribution >= 0.6 is 0 Å². The van der Waals surface area contributed by atoms with E-state index in [1.54, 1.807) is 18.5 Å². The zero-order valence-electron chi connectivity index (χ0n) is 14.4. The minimum absolute atomic E-state index is 0.345. The third-order valence-corrected chi connectivity index (χ3v) is 4.14. The molecule has 2 aromatic heterocycles. The van der Waals surface area contributed by atoms with Crippen molar-refractivity contribution in [2.75, 3.05) is 0 Å². The molecule has 2 aromatic carbocycles. The lowest BCUT2D eigenvalue weighted by atomic mass is 10.00. The summed E-state index contributed by atoms with van der Waals surface area (Å²) in [5.41, 5.74) is 4.53. The molecule has 0 aliphatic carbocycles. The molecule has 4 aromatic rings. The van der Waals surface area contributed by atoms with Crippen molar-refractivity contribution in [1.82, 2.24) is 20.2 Å². The number of aromatic amines is 1. The van der Waals surface area contributed by atoms with Crippen molar-refractivity contribution in [3.63, 3.8) is 0 Å². The third-order valence-electron chi connectivity index (χ3n) is 4.14. The van der Waals surface area contributed by atoms with Gasteiger partial charge in [0, 0.05) is 17.8 Å². The monoisotopic (exact) mass is 342 g/mol. The molecular weight excluding hydrogens is 324 g/mol. The van der Waals surface area contributed by atoms with Crippen LogP contribution in [0.15, 0.2) is 67.1 Å². The number of fused-ring (bicyclic) bond motifs is 1. The number of allylic oxidation sites excluding steroid dienone is 1. The van der Waals surface area contributed by atoms with Gasteiger partial charge in [-0.25, -0.2) is 9.97 Å². The highest BCUT2D eigenvalue weighted by Crippen LogP contribution is 2.27. The first-order chi connectivity index (χ1) is 12.8. The van der Waals surface area contributed by atoms with Gasteiger partial charge in [0.15, 0.2) is 0 Å². The summed E-state index contributed by atoms with van der Waals surface area (Å²) < 4.78 is 5.75. The molecule has 2 heterocycles. The van der Waals surface area contributed by atoms with E-state index < -0.39 is 0 Å². The van der Waals surface area contributed by atoms with Crippen molar-refractivity contribution >= 4 is 22.6 Å². The Kier molecular flexibility index (Phi) is 4.43. The van der Waals surface area contributed by atoms with E-state index in [1.807, 2.05) is 30.5 Å². The quantitative estimate of drug-likeness (QED) is 0.513. The highest BCUT2D eigenvalue weighted by molar-refractivity contribution is 5.86. The van der Waals surface area contributed by atoms with Crippen LogP contribution in [0, 0.1) is 0 Å². The van der Waals surface area contributed by atoms with Crippen molar-refractivity contribution in [3.8, 4) is 11.8 Å². The molecule has 0 bridgehead atoms. The van der Waals surface area contributed by atoms with E-state index in [4.69, 9.17) is 4.74 Å². The third kappa shape index (κ3) is 3.47. The summed E-state index contributed by atoms with van der Waals surface area (Å²) in [5.74, 6) is 0.721. The molecule has 0 amide bonds. The summed E-state index contributed by atoms with van der Waals surface area (Å²) in [7, 11) is 0. The highest BCUT2D eigenvalue weighted by Gasteiger charge is 2.05. The standard InChI is InChI=1S/C21H18N4O/c1-2-16(11-15-7-8-20-18(12-15)14-24-25-20)17-5-3-6-19(13-17)26-21-22-9-4-10-23-21/h3-14H,2H2,1H3,(H,24,25)/b16-11+. The van der Waals surface area contributed by atoms with Gasteiger partial charge in [0.25, 0.3) is 0 Å². The fourth-order valence-electron chi connectivity index (χ4n) is 2.84. The van der Waals surface area contributed by atoms with Crippen LogP contribution in [0.3, 0.4) is 0 Å². The lowest BCUT2D eigenvalue weighted by Crippen LogP contribution is -1.91. The number of hydrogen-bond donors (Lipinski definition) is 1. The molecule has 0 aliphatic rings. The van der Waals surface area contributed by atoms with Crippen molar-refractivity contribution in [2.24, 2.45) is 0 Å². The van der Waals surface area contributed by atoms with Gasteiger partial charge in [0.1, 0.15) is 5.75 Å².